The Bertz CT molecular complexity index is 802. The van der Waals surface area contributed by atoms with E-state index in [9.17, 15) is 14.0 Å². The maximum atomic E-state index is 13.4. The number of amides is 2. The van der Waals surface area contributed by atoms with Crippen LogP contribution in [0.2, 0.25) is 0 Å². The molecule has 2 aromatic rings. The molecule has 0 bridgehead atoms. The topological polar surface area (TPSA) is 43.9 Å². The molecule has 148 valence electrons. The van der Waals surface area contributed by atoms with E-state index in [2.05, 4.69) is 0 Å². The van der Waals surface area contributed by atoms with Crippen LogP contribution < -0.4 is 0 Å². The minimum atomic E-state index is -0.280. The third kappa shape index (κ3) is 4.75. The Balaban J connectivity index is 1.73. The molecule has 5 nitrogen and oxygen atoms in total. The molecule has 0 aromatic heterocycles. The summed E-state index contributed by atoms with van der Waals surface area (Å²) in [5.41, 5.74) is 1.98. The van der Waals surface area contributed by atoms with Gasteiger partial charge < -0.3 is 9.80 Å². The summed E-state index contributed by atoms with van der Waals surface area (Å²) < 4.78 is 13.4. The van der Waals surface area contributed by atoms with E-state index in [1.54, 1.807) is 24.0 Å². The van der Waals surface area contributed by atoms with Gasteiger partial charge in [0.25, 0.3) is 0 Å². The fourth-order valence-electron chi connectivity index (χ4n) is 3.66. The van der Waals surface area contributed by atoms with Gasteiger partial charge in [-0.2, -0.15) is 0 Å². The zero-order valence-electron chi connectivity index (χ0n) is 16.3. The molecule has 6 heteroatoms. The van der Waals surface area contributed by atoms with Crippen LogP contribution in [0.3, 0.4) is 0 Å². The van der Waals surface area contributed by atoms with Crippen molar-refractivity contribution in [3.05, 3.63) is 71.5 Å². The Labute approximate surface area is 165 Å². The van der Waals surface area contributed by atoms with E-state index in [1.165, 1.54) is 12.1 Å². The first kappa shape index (κ1) is 20.0. The van der Waals surface area contributed by atoms with E-state index in [0.717, 1.165) is 11.1 Å². The lowest BCUT2D eigenvalue weighted by Gasteiger charge is -2.36. The van der Waals surface area contributed by atoms with Crippen LogP contribution in [-0.4, -0.2) is 66.3 Å². The Morgan fingerprint density at radius 3 is 2.04 bits per heavy atom. The fraction of sp³-hybridized carbons (Fsp3) is 0.364. The highest BCUT2D eigenvalue weighted by atomic mass is 19.1. The van der Waals surface area contributed by atoms with Crippen LogP contribution in [0.5, 0.6) is 0 Å². The molecule has 0 N–H and O–H groups in total. The van der Waals surface area contributed by atoms with Crippen molar-refractivity contribution in [2.45, 2.75) is 13.0 Å². The molecule has 0 saturated carbocycles. The maximum absolute atomic E-state index is 13.4. The summed E-state index contributed by atoms with van der Waals surface area (Å²) in [6.45, 7) is 4.06. The minimum Gasteiger partial charge on any atom is -0.339 e. The Kier molecular flexibility index (Phi) is 6.41. The number of carbonyl (C=O) groups is 2. The van der Waals surface area contributed by atoms with Gasteiger partial charge in [-0.15, -0.1) is 0 Å². The lowest BCUT2D eigenvalue weighted by atomic mass is 9.97. The second-order valence-corrected chi connectivity index (χ2v) is 7.17. The first-order chi connectivity index (χ1) is 13.5. The van der Waals surface area contributed by atoms with Gasteiger partial charge in [-0.1, -0.05) is 42.5 Å². The molecule has 1 aliphatic heterocycles. The van der Waals surface area contributed by atoms with Gasteiger partial charge in [0.05, 0.1) is 12.6 Å². The Hall–Kier alpha value is -2.73. The molecule has 0 spiro atoms. The van der Waals surface area contributed by atoms with Crippen molar-refractivity contribution in [3.63, 3.8) is 0 Å². The number of carbonyl (C=O) groups excluding carboxylic acids is 2. The number of likely N-dealkylation sites (N-methyl/N-ethyl adjacent to an activating group) is 1. The minimum absolute atomic E-state index is 0.0359. The molecule has 3 rings (SSSR count). The van der Waals surface area contributed by atoms with E-state index in [1.807, 2.05) is 47.2 Å². The number of halogens is 1. The summed E-state index contributed by atoms with van der Waals surface area (Å²) in [6.07, 6.45) is 0. The fourth-order valence-corrected chi connectivity index (χ4v) is 3.66. The number of nitrogens with zero attached hydrogens (tertiary/aromatic N) is 3. The van der Waals surface area contributed by atoms with E-state index >= 15 is 0 Å². The average molecular weight is 383 g/mol. The van der Waals surface area contributed by atoms with Crippen molar-refractivity contribution >= 4 is 11.8 Å². The summed E-state index contributed by atoms with van der Waals surface area (Å²) in [5, 5.41) is 0. The first-order valence-electron chi connectivity index (χ1n) is 9.49. The van der Waals surface area contributed by atoms with E-state index < -0.39 is 0 Å². The normalized spacial score (nSPS) is 15.6. The quantitative estimate of drug-likeness (QED) is 0.797. The van der Waals surface area contributed by atoms with Gasteiger partial charge in [0.15, 0.2) is 0 Å². The molecule has 1 aliphatic rings. The summed E-state index contributed by atoms with van der Waals surface area (Å²) in [5.74, 6) is -0.198. The summed E-state index contributed by atoms with van der Waals surface area (Å²) in [7, 11) is 1.91. The van der Waals surface area contributed by atoms with Crippen molar-refractivity contribution in [1.29, 1.82) is 0 Å². The second-order valence-electron chi connectivity index (χ2n) is 7.17. The third-order valence-corrected chi connectivity index (χ3v) is 5.20. The van der Waals surface area contributed by atoms with Gasteiger partial charge in [0.2, 0.25) is 11.8 Å². The van der Waals surface area contributed by atoms with Crippen LogP contribution in [0.1, 0.15) is 24.1 Å². The number of hydrogen-bond donors (Lipinski definition) is 0. The first-order valence-corrected chi connectivity index (χ1v) is 9.49. The number of hydrogen-bond acceptors (Lipinski definition) is 3. The Morgan fingerprint density at radius 2 is 1.46 bits per heavy atom. The highest BCUT2D eigenvalue weighted by molar-refractivity contribution is 5.79. The molecule has 0 radical (unpaired) electrons. The summed E-state index contributed by atoms with van der Waals surface area (Å²) in [6, 6.07) is 16.2. The molecule has 1 heterocycles. The van der Waals surface area contributed by atoms with E-state index in [0.29, 0.717) is 26.2 Å². The number of benzene rings is 2. The zero-order valence-corrected chi connectivity index (χ0v) is 16.3. The van der Waals surface area contributed by atoms with E-state index in [4.69, 9.17) is 0 Å². The van der Waals surface area contributed by atoms with Crippen LogP contribution in [0.4, 0.5) is 4.39 Å². The zero-order chi connectivity index (χ0) is 20.1. The molecular formula is C22H26FN3O2. The third-order valence-electron chi connectivity index (χ3n) is 5.20. The lowest BCUT2D eigenvalue weighted by molar-refractivity contribution is -0.139. The van der Waals surface area contributed by atoms with Gasteiger partial charge in [0.1, 0.15) is 5.82 Å². The molecule has 1 saturated heterocycles. The molecule has 0 aliphatic carbocycles. The van der Waals surface area contributed by atoms with E-state index in [-0.39, 0.29) is 30.2 Å². The van der Waals surface area contributed by atoms with Crippen molar-refractivity contribution in [2.75, 3.05) is 39.8 Å². The monoisotopic (exact) mass is 383 g/mol. The maximum Gasteiger partial charge on any atom is 0.236 e. The highest BCUT2D eigenvalue weighted by Crippen LogP contribution is 2.27. The Morgan fingerprint density at radius 1 is 0.929 bits per heavy atom. The lowest BCUT2D eigenvalue weighted by Crippen LogP contribution is -2.52. The highest BCUT2D eigenvalue weighted by Gasteiger charge is 2.26. The van der Waals surface area contributed by atoms with Crippen LogP contribution in [-0.2, 0) is 9.59 Å². The summed E-state index contributed by atoms with van der Waals surface area (Å²) >= 11 is 0. The predicted octanol–water partition coefficient (Wildman–Crippen LogP) is 2.54. The molecule has 2 aromatic carbocycles. The average Bonchev–Trinajstić information content (AvgIpc) is 2.70. The van der Waals surface area contributed by atoms with Gasteiger partial charge in [-0.3, -0.25) is 14.5 Å². The molecule has 1 fully saturated rings. The molecule has 28 heavy (non-hydrogen) atoms. The predicted molar refractivity (Wildman–Crippen MR) is 106 cm³/mol. The molecule has 2 amide bonds. The van der Waals surface area contributed by atoms with Crippen LogP contribution >= 0.6 is 0 Å². The number of rotatable bonds is 5. The second kappa shape index (κ2) is 8.97. The van der Waals surface area contributed by atoms with Crippen LogP contribution in [0, 0.1) is 5.82 Å². The van der Waals surface area contributed by atoms with Gasteiger partial charge in [-0.05, 0) is 30.3 Å². The number of piperazine rings is 1. The van der Waals surface area contributed by atoms with Crippen molar-refractivity contribution < 1.29 is 14.0 Å². The van der Waals surface area contributed by atoms with Gasteiger partial charge >= 0.3 is 0 Å². The molecular weight excluding hydrogens is 357 g/mol. The smallest absolute Gasteiger partial charge is 0.236 e. The van der Waals surface area contributed by atoms with Crippen molar-refractivity contribution in [2.24, 2.45) is 0 Å². The molecule has 1 unspecified atom stereocenters. The van der Waals surface area contributed by atoms with Crippen LogP contribution in [0.15, 0.2) is 54.6 Å². The largest absolute Gasteiger partial charge is 0.339 e. The standard InChI is InChI=1S/C22H26FN3O2/c1-17(27)25-12-14-26(15-13-25)21(28)16-24(2)22(18-6-4-3-5-7-18)19-8-10-20(23)11-9-19/h3-11,22H,12-16H2,1-2H3. The van der Waals surface area contributed by atoms with Crippen molar-refractivity contribution in [1.82, 2.24) is 14.7 Å². The van der Waals surface area contributed by atoms with Gasteiger partial charge in [0, 0.05) is 33.1 Å². The van der Waals surface area contributed by atoms with Crippen molar-refractivity contribution in [3.8, 4) is 0 Å². The van der Waals surface area contributed by atoms with Gasteiger partial charge in [-0.25, -0.2) is 4.39 Å². The molecule has 1 atom stereocenters. The summed E-state index contributed by atoms with van der Waals surface area (Å²) in [4.78, 5) is 29.9. The van der Waals surface area contributed by atoms with Crippen LogP contribution in [0.25, 0.3) is 0 Å². The SMILES string of the molecule is CC(=O)N1CCN(C(=O)CN(C)C(c2ccccc2)c2ccc(F)cc2)CC1.